The van der Waals surface area contributed by atoms with E-state index >= 15 is 0 Å². The smallest absolute Gasteiger partial charge is 0.416 e. The van der Waals surface area contributed by atoms with E-state index in [2.05, 4.69) is 5.32 Å². The van der Waals surface area contributed by atoms with E-state index in [4.69, 9.17) is 4.74 Å². The van der Waals surface area contributed by atoms with Crippen LogP contribution in [0.4, 0.5) is 39.9 Å². The number of hydrogen-bond acceptors (Lipinski definition) is 2. The van der Waals surface area contributed by atoms with Gasteiger partial charge in [0.15, 0.2) is 0 Å². The Morgan fingerprint density at radius 3 is 2.19 bits per heavy atom. The Bertz CT molecular complexity index is 1530. The number of nitrogens with one attached hydrogen (secondary N) is 1. The summed E-state index contributed by atoms with van der Waals surface area (Å²) >= 11 is 0. The maximum Gasteiger partial charge on any atom is 0.416 e. The van der Waals surface area contributed by atoms with Gasteiger partial charge in [0.2, 0.25) is 0 Å². The van der Waals surface area contributed by atoms with Crippen molar-refractivity contribution in [1.82, 2.24) is 10.2 Å². The fourth-order valence-electron chi connectivity index (χ4n) is 5.98. The standard InChI is InChI=1S/C30H26F8N2O2/c1-14(2)20-12-22(26(42-3)13-23(20)32)19-5-4-16(29(33,34)35)11-21(19)24-6-7-25-27(39-28(41)40(24)25)15-8-17(30(36,37)38)10-18(31)9-15/h4-5,8-14,24-25,27H,6-7H2,1-3H3,(H,39,41)/t24-,25-,27+/m0/s1. The first-order chi connectivity index (χ1) is 19.6. The molecule has 0 saturated carbocycles. The minimum Gasteiger partial charge on any atom is -0.496 e. The Balaban J connectivity index is 1.62. The van der Waals surface area contributed by atoms with Crippen molar-refractivity contribution >= 4 is 6.03 Å². The number of urea groups is 1. The van der Waals surface area contributed by atoms with Crippen LogP contribution in [0.1, 0.15) is 72.5 Å². The van der Waals surface area contributed by atoms with Crippen molar-refractivity contribution in [1.29, 1.82) is 0 Å². The van der Waals surface area contributed by atoms with Gasteiger partial charge in [-0.2, -0.15) is 26.3 Å². The van der Waals surface area contributed by atoms with E-state index in [9.17, 15) is 39.9 Å². The van der Waals surface area contributed by atoms with Crippen molar-refractivity contribution in [3.63, 3.8) is 0 Å². The number of fused-ring (bicyclic) bond motifs is 1. The highest BCUT2D eigenvalue weighted by Gasteiger charge is 2.49. The number of alkyl halides is 6. The number of amides is 2. The molecule has 2 amide bonds. The molecule has 3 aromatic rings. The van der Waals surface area contributed by atoms with Crippen LogP contribution in [-0.4, -0.2) is 24.1 Å². The van der Waals surface area contributed by atoms with Gasteiger partial charge < -0.3 is 15.0 Å². The second-order valence-electron chi connectivity index (χ2n) is 10.8. The SMILES string of the molecule is COc1cc(F)c(C(C)C)cc1-c1ccc(C(F)(F)F)cc1[C@@H]1CC[C@H]2[C@@H](c3cc(F)cc(C(F)(F)F)c3)NC(=O)N12. The summed E-state index contributed by atoms with van der Waals surface area (Å²) in [5, 5.41) is 2.59. The first-order valence-electron chi connectivity index (χ1n) is 13.2. The number of carbonyl (C=O) groups is 1. The lowest BCUT2D eigenvalue weighted by Crippen LogP contribution is -2.32. The molecule has 3 atom stereocenters. The number of rotatable bonds is 5. The van der Waals surface area contributed by atoms with Crippen LogP contribution in [0.3, 0.4) is 0 Å². The number of ether oxygens (including phenoxy) is 1. The summed E-state index contributed by atoms with van der Waals surface area (Å²) in [6.45, 7) is 3.52. The normalized spacial score (nSPS) is 20.7. The van der Waals surface area contributed by atoms with Gasteiger partial charge in [0.25, 0.3) is 0 Å². The van der Waals surface area contributed by atoms with Crippen molar-refractivity contribution < 1.29 is 44.7 Å². The van der Waals surface area contributed by atoms with Gasteiger partial charge in [0.05, 0.1) is 36.4 Å². The van der Waals surface area contributed by atoms with Gasteiger partial charge in [-0.25, -0.2) is 13.6 Å². The molecule has 2 heterocycles. The van der Waals surface area contributed by atoms with Crippen LogP contribution < -0.4 is 10.1 Å². The van der Waals surface area contributed by atoms with E-state index < -0.39 is 59.3 Å². The topological polar surface area (TPSA) is 41.6 Å². The van der Waals surface area contributed by atoms with Crippen molar-refractivity contribution in [3.05, 3.63) is 88.0 Å². The highest BCUT2D eigenvalue weighted by atomic mass is 19.4. The van der Waals surface area contributed by atoms with Crippen LogP contribution in [0.5, 0.6) is 5.75 Å². The molecule has 2 saturated heterocycles. The van der Waals surface area contributed by atoms with Crippen LogP contribution in [0.15, 0.2) is 48.5 Å². The van der Waals surface area contributed by atoms with Crippen LogP contribution in [0.25, 0.3) is 11.1 Å². The number of methoxy groups -OCH3 is 1. The summed E-state index contributed by atoms with van der Waals surface area (Å²) < 4.78 is 116. The van der Waals surface area contributed by atoms with Gasteiger partial charge in [0.1, 0.15) is 17.4 Å². The molecule has 0 aliphatic carbocycles. The minimum absolute atomic E-state index is 0.0793. The second kappa shape index (κ2) is 10.5. The highest BCUT2D eigenvalue weighted by molar-refractivity contribution is 5.81. The Hall–Kier alpha value is -3.83. The zero-order chi connectivity index (χ0) is 30.7. The zero-order valence-electron chi connectivity index (χ0n) is 22.6. The molecule has 1 N–H and O–H groups in total. The van der Waals surface area contributed by atoms with Gasteiger partial charge in [-0.1, -0.05) is 19.9 Å². The summed E-state index contributed by atoms with van der Waals surface area (Å²) in [5.41, 5.74) is -1.24. The summed E-state index contributed by atoms with van der Waals surface area (Å²) in [4.78, 5) is 14.5. The molecule has 2 fully saturated rings. The van der Waals surface area contributed by atoms with E-state index in [1.54, 1.807) is 13.8 Å². The molecule has 224 valence electrons. The zero-order valence-corrected chi connectivity index (χ0v) is 22.6. The van der Waals surface area contributed by atoms with E-state index in [-0.39, 0.29) is 41.2 Å². The van der Waals surface area contributed by atoms with Crippen LogP contribution in [-0.2, 0) is 12.4 Å². The van der Waals surface area contributed by atoms with Crippen molar-refractivity contribution in [3.8, 4) is 16.9 Å². The lowest BCUT2D eigenvalue weighted by atomic mass is 9.89. The van der Waals surface area contributed by atoms with Gasteiger partial charge in [0, 0.05) is 11.6 Å². The first-order valence-corrected chi connectivity index (χ1v) is 13.2. The molecule has 0 radical (unpaired) electrons. The Morgan fingerprint density at radius 1 is 0.881 bits per heavy atom. The number of nitrogens with zero attached hydrogens (tertiary/aromatic N) is 1. The summed E-state index contributed by atoms with van der Waals surface area (Å²) in [5.74, 6) is -1.86. The van der Waals surface area contributed by atoms with Gasteiger partial charge in [-0.15, -0.1) is 0 Å². The van der Waals surface area contributed by atoms with E-state index in [1.807, 2.05) is 0 Å². The van der Waals surface area contributed by atoms with E-state index in [0.717, 1.165) is 30.3 Å². The Kier molecular flexibility index (Phi) is 7.39. The van der Waals surface area contributed by atoms with Crippen molar-refractivity contribution in [2.45, 2.75) is 63.1 Å². The fraction of sp³-hybridized carbons (Fsp3) is 0.367. The average molecular weight is 599 g/mol. The number of benzene rings is 3. The summed E-state index contributed by atoms with van der Waals surface area (Å²) in [6, 6.07) is 4.36. The molecule has 5 rings (SSSR count). The lowest BCUT2D eigenvalue weighted by molar-refractivity contribution is -0.138. The van der Waals surface area contributed by atoms with Crippen molar-refractivity contribution in [2.75, 3.05) is 7.11 Å². The molecule has 0 spiro atoms. The maximum absolute atomic E-state index is 14.8. The third-order valence-electron chi connectivity index (χ3n) is 7.90. The van der Waals surface area contributed by atoms with Crippen LogP contribution in [0.2, 0.25) is 0 Å². The molecule has 0 unspecified atom stereocenters. The predicted molar refractivity (Wildman–Crippen MR) is 138 cm³/mol. The monoisotopic (exact) mass is 598 g/mol. The molecule has 0 bridgehead atoms. The molecule has 42 heavy (non-hydrogen) atoms. The first kappa shape index (κ1) is 29.7. The third-order valence-corrected chi connectivity index (χ3v) is 7.90. The minimum atomic E-state index is -4.83. The largest absolute Gasteiger partial charge is 0.496 e. The fourth-order valence-corrected chi connectivity index (χ4v) is 5.98. The average Bonchev–Trinajstić information content (AvgIpc) is 3.48. The number of carbonyl (C=O) groups excluding carboxylic acids is 1. The Labute approximate surface area is 236 Å². The van der Waals surface area contributed by atoms with Crippen LogP contribution in [0, 0.1) is 11.6 Å². The van der Waals surface area contributed by atoms with Gasteiger partial charge in [-0.05, 0) is 77.4 Å². The molecular weight excluding hydrogens is 572 g/mol. The number of halogens is 8. The molecule has 2 aliphatic rings. The quantitative estimate of drug-likeness (QED) is 0.299. The van der Waals surface area contributed by atoms with E-state index in [0.29, 0.717) is 17.2 Å². The lowest BCUT2D eigenvalue weighted by Gasteiger charge is -2.27. The van der Waals surface area contributed by atoms with Crippen LogP contribution >= 0.6 is 0 Å². The van der Waals surface area contributed by atoms with Gasteiger partial charge >= 0.3 is 18.4 Å². The molecule has 2 aliphatic heterocycles. The molecule has 3 aromatic carbocycles. The van der Waals surface area contributed by atoms with E-state index in [1.165, 1.54) is 24.1 Å². The number of hydrogen-bond donors (Lipinski definition) is 1. The Morgan fingerprint density at radius 2 is 1.57 bits per heavy atom. The summed E-state index contributed by atoms with van der Waals surface area (Å²) in [7, 11) is 1.30. The molecule has 0 aromatic heterocycles. The molecule has 12 heteroatoms. The second-order valence-corrected chi connectivity index (χ2v) is 10.8. The van der Waals surface area contributed by atoms with Crippen molar-refractivity contribution in [2.24, 2.45) is 0 Å². The third kappa shape index (κ3) is 5.27. The highest BCUT2D eigenvalue weighted by Crippen LogP contribution is 2.49. The van der Waals surface area contributed by atoms with Gasteiger partial charge in [-0.3, -0.25) is 0 Å². The summed E-state index contributed by atoms with van der Waals surface area (Å²) in [6.07, 6.45) is -9.13. The maximum atomic E-state index is 14.8. The predicted octanol–water partition coefficient (Wildman–Crippen LogP) is 8.77. The molecule has 4 nitrogen and oxygen atoms in total. The molecular formula is C30H26F8N2O2.